The zero-order valence-electron chi connectivity index (χ0n) is 9.63. The highest BCUT2D eigenvalue weighted by Gasteiger charge is 2.27. The van der Waals surface area contributed by atoms with E-state index >= 15 is 0 Å². The highest BCUT2D eigenvalue weighted by molar-refractivity contribution is 6.32. The van der Waals surface area contributed by atoms with Gasteiger partial charge in [-0.15, -0.1) is 0 Å². The molecule has 2 unspecified atom stereocenters. The quantitative estimate of drug-likeness (QED) is 0.728. The van der Waals surface area contributed by atoms with E-state index in [0.717, 1.165) is 10.6 Å². The molecule has 0 spiro atoms. The van der Waals surface area contributed by atoms with Crippen LogP contribution in [-0.2, 0) is 0 Å². The topological polar surface area (TPSA) is 15.3 Å². The third-order valence-electron chi connectivity index (χ3n) is 3.44. The van der Waals surface area contributed by atoms with Gasteiger partial charge in [0.1, 0.15) is 0 Å². The first kappa shape index (κ1) is 10.6. The summed E-state index contributed by atoms with van der Waals surface area (Å²) in [6.45, 7) is 6.50. The lowest BCUT2D eigenvalue weighted by Gasteiger charge is -2.40. The Balaban J connectivity index is 2.56. The highest BCUT2D eigenvalue weighted by atomic mass is 35.5. The van der Waals surface area contributed by atoms with Crippen LogP contribution in [0.2, 0.25) is 5.02 Å². The number of nitrogens with zero attached hydrogens (tertiary/aromatic N) is 1. The van der Waals surface area contributed by atoms with Crippen molar-refractivity contribution in [2.24, 2.45) is 0 Å². The third-order valence-corrected chi connectivity index (χ3v) is 3.84. The lowest BCUT2D eigenvalue weighted by Crippen LogP contribution is -2.46. The number of benzene rings is 1. The molecule has 0 saturated carbocycles. The molecule has 0 fully saturated rings. The van der Waals surface area contributed by atoms with Crippen molar-refractivity contribution >= 4 is 23.0 Å². The van der Waals surface area contributed by atoms with Gasteiger partial charge in [0.15, 0.2) is 0 Å². The molecule has 0 aromatic heterocycles. The van der Waals surface area contributed by atoms with E-state index < -0.39 is 0 Å². The highest BCUT2D eigenvalue weighted by Crippen LogP contribution is 2.38. The minimum absolute atomic E-state index is 0.461. The van der Waals surface area contributed by atoms with Crippen LogP contribution in [0.1, 0.15) is 19.4 Å². The van der Waals surface area contributed by atoms with Crippen LogP contribution in [0.3, 0.4) is 0 Å². The van der Waals surface area contributed by atoms with E-state index in [1.54, 1.807) is 0 Å². The van der Waals surface area contributed by atoms with Gasteiger partial charge in [-0.2, -0.15) is 0 Å². The third kappa shape index (κ3) is 1.57. The van der Waals surface area contributed by atoms with Crippen molar-refractivity contribution in [3.8, 4) is 0 Å². The Morgan fingerprint density at radius 3 is 2.67 bits per heavy atom. The number of hydrogen-bond donors (Lipinski definition) is 1. The fraction of sp³-hybridized carbons (Fsp3) is 0.500. The van der Waals surface area contributed by atoms with Crippen molar-refractivity contribution in [1.82, 2.24) is 0 Å². The zero-order chi connectivity index (χ0) is 11.2. The summed E-state index contributed by atoms with van der Waals surface area (Å²) >= 11 is 6.14. The maximum Gasteiger partial charge on any atom is 0.0647 e. The van der Waals surface area contributed by atoms with Crippen LogP contribution in [0.25, 0.3) is 0 Å². The number of hydrogen-bond acceptors (Lipinski definition) is 2. The molecule has 1 aliphatic rings. The van der Waals surface area contributed by atoms with Crippen LogP contribution in [0.15, 0.2) is 12.1 Å². The number of likely N-dealkylation sites (N-methyl/N-ethyl adjacent to an activating group) is 1. The normalized spacial score (nSPS) is 24.7. The maximum absolute atomic E-state index is 6.14. The van der Waals surface area contributed by atoms with Crippen LogP contribution in [0.4, 0.5) is 11.4 Å². The van der Waals surface area contributed by atoms with Crippen molar-refractivity contribution in [2.45, 2.75) is 32.9 Å². The van der Waals surface area contributed by atoms with Gasteiger partial charge in [-0.25, -0.2) is 0 Å². The Morgan fingerprint density at radius 1 is 1.33 bits per heavy atom. The monoisotopic (exact) mass is 224 g/mol. The lowest BCUT2D eigenvalue weighted by molar-refractivity contribution is 0.586. The minimum atomic E-state index is 0.461. The van der Waals surface area contributed by atoms with Crippen LogP contribution in [0, 0.1) is 6.92 Å². The van der Waals surface area contributed by atoms with E-state index in [1.807, 2.05) is 6.07 Å². The Kier molecular flexibility index (Phi) is 2.55. The molecule has 2 nitrogen and oxygen atoms in total. The molecule has 0 amide bonds. The zero-order valence-corrected chi connectivity index (χ0v) is 10.4. The Hall–Kier alpha value is -0.890. The number of nitrogens with one attached hydrogen (secondary N) is 1. The molecule has 82 valence electrons. The number of halogens is 1. The molecular weight excluding hydrogens is 208 g/mol. The molecule has 2 atom stereocenters. The van der Waals surface area contributed by atoms with Gasteiger partial charge >= 0.3 is 0 Å². The molecular formula is C12H17ClN2. The summed E-state index contributed by atoms with van der Waals surface area (Å²) in [6.07, 6.45) is 0. The number of anilines is 2. The SMILES string of the molecule is Cc1c(Cl)ccc2c1N(C)C(C)C(C)N2. The number of rotatable bonds is 0. The molecule has 0 aliphatic carbocycles. The van der Waals surface area contributed by atoms with E-state index in [0.29, 0.717) is 12.1 Å². The second-order valence-corrected chi connectivity index (χ2v) is 4.76. The first-order valence-corrected chi connectivity index (χ1v) is 5.68. The van der Waals surface area contributed by atoms with Gasteiger partial charge in [0.2, 0.25) is 0 Å². The summed E-state index contributed by atoms with van der Waals surface area (Å²) in [5, 5.41) is 4.34. The van der Waals surface area contributed by atoms with Gasteiger partial charge in [0, 0.05) is 24.2 Å². The summed E-state index contributed by atoms with van der Waals surface area (Å²) in [6, 6.07) is 4.96. The molecule has 3 heteroatoms. The molecule has 1 N–H and O–H groups in total. The lowest BCUT2D eigenvalue weighted by atomic mass is 10.0. The molecule has 0 radical (unpaired) electrons. The molecule has 1 heterocycles. The van der Waals surface area contributed by atoms with E-state index in [9.17, 15) is 0 Å². The van der Waals surface area contributed by atoms with Gasteiger partial charge < -0.3 is 10.2 Å². The van der Waals surface area contributed by atoms with Crippen LogP contribution in [0.5, 0.6) is 0 Å². The fourth-order valence-electron chi connectivity index (χ4n) is 2.15. The first-order valence-electron chi connectivity index (χ1n) is 5.31. The number of fused-ring (bicyclic) bond motifs is 1. The predicted molar refractivity (Wildman–Crippen MR) is 67.1 cm³/mol. The van der Waals surface area contributed by atoms with Gasteiger partial charge in [0.25, 0.3) is 0 Å². The van der Waals surface area contributed by atoms with Crippen molar-refractivity contribution < 1.29 is 0 Å². The van der Waals surface area contributed by atoms with Gasteiger partial charge in [-0.3, -0.25) is 0 Å². The summed E-state index contributed by atoms with van der Waals surface area (Å²) in [5.41, 5.74) is 3.57. The van der Waals surface area contributed by atoms with Crippen LogP contribution >= 0.6 is 11.6 Å². The Bertz CT molecular complexity index is 389. The van der Waals surface area contributed by atoms with E-state index in [-0.39, 0.29) is 0 Å². The second-order valence-electron chi connectivity index (χ2n) is 4.35. The van der Waals surface area contributed by atoms with E-state index in [1.165, 1.54) is 11.4 Å². The van der Waals surface area contributed by atoms with Crippen molar-refractivity contribution in [3.63, 3.8) is 0 Å². The molecule has 15 heavy (non-hydrogen) atoms. The molecule has 1 aliphatic heterocycles. The molecule has 1 aromatic carbocycles. The fourth-order valence-corrected chi connectivity index (χ4v) is 2.30. The maximum atomic E-state index is 6.14. The summed E-state index contributed by atoms with van der Waals surface area (Å²) < 4.78 is 0. The van der Waals surface area contributed by atoms with Crippen molar-refractivity contribution in [1.29, 1.82) is 0 Å². The smallest absolute Gasteiger partial charge is 0.0647 e. The molecule has 0 saturated heterocycles. The molecule has 1 aromatic rings. The largest absolute Gasteiger partial charge is 0.379 e. The van der Waals surface area contributed by atoms with Gasteiger partial charge in [-0.05, 0) is 38.5 Å². The summed E-state index contributed by atoms with van der Waals surface area (Å²) in [7, 11) is 2.13. The Morgan fingerprint density at radius 2 is 2.00 bits per heavy atom. The molecule has 2 rings (SSSR count). The standard InChI is InChI=1S/C12H17ClN2/c1-7-10(13)5-6-11-12(7)15(4)9(3)8(2)14-11/h5-6,8-9,14H,1-4H3. The van der Waals surface area contributed by atoms with Crippen molar-refractivity contribution in [3.05, 3.63) is 22.7 Å². The van der Waals surface area contributed by atoms with Gasteiger partial charge in [-0.1, -0.05) is 11.6 Å². The van der Waals surface area contributed by atoms with E-state index in [2.05, 4.69) is 44.1 Å². The average molecular weight is 225 g/mol. The van der Waals surface area contributed by atoms with Crippen molar-refractivity contribution in [2.75, 3.05) is 17.3 Å². The van der Waals surface area contributed by atoms with Crippen LogP contribution in [-0.4, -0.2) is 19.1 Å². The van der Waals surface area contributed by atoms with Gasteiger partial charge in [0.05, 0.1) is 11.4 Å². The van der Waals surface area contributed by atoms with E-state index in [4.69, 9.17) is 11.6 Å². The average Bonchev–Trinajstić information content (AvgIpc) is 2.20. The minimum Gasteiger partial charge on any atom is -0.379 e. The predicted octanol–water partition coefficient (Wildman–Crippen LogP) is 3.29. The molecule has 0 bridgehead atoms. The second kappa shape index (κ2) is 3.60. The first-order chi connectivity index (χ1) is 7.02. The summed E-state index contributed by atoms with van der Waals surface area (Å²) in [4.78, 5) is 2.30. The Labute approximate surface area is 96.2 Å². The summed E-state index contributed by atoms with van der Waals surface area (Å²) in [5.74, 6) is 0. The van der Waals surface area contributed by atoms with Crippen LogP contribution < -0.4 is 10.2 Å².